The van der Waals surface area contributed by atoms with Crippen LogP contribution in [-0.4, -0.2) is 50.4 Å². The van der Waals surface area contributed by atoms with E-state index in [0.29, 0.717) is 45.2 Å². The van der Waals surface area contributed by atoms with Crippen LogP contribution in [0, 0.1) is 0 Å². The van der Waals surface area contributed by atoms with Gasteiger partial charge >= 0.3 is 0 Å². The molecule has 0 atom stereocenters. The molecule has 180 valence electrons. The van der Waals surface area contributed by atoms with Crippen LogP contribution in [0.1, 0.15) is 12.0 Å². The number of hydrogen-bond acceptors (Lipinski definition) is 7. The molecule has 2 heterocycles. The Kier molecular flexibility index (Phi) is 7.17. The Morgan fingerprint density at radius 2 is 1.74 bits per heavy atom. The summed E-state index contributed by atoms with van der Waals surface area (Å²) in [5.41, 5.74) is 2.24. The van der Waals surface area contributed by atoms with E-state index in [1.54, 1.807) is 54.7 Å². The molecule has 0 saturated carbocycles. The van der Waals surface area contributed by atoms with Crippen molar-refractivity contribution in [1.29, 1.82) is 0 Å². The predicted molar refractivity (Wildman–Crippen MR) is 134 cm³/mol. The molecule has 0 unspecified atom stereocenters. The molecule has 0 aliphatic carbocycles. The Morgan fingerprint density at radius 1 is 1.06 bits per heavy atom. The largest absolute Gasteiger partial charge is 0.493 e. The summed E-state index contributed by atoms with van der Waals surface area (Å²) in [6.45, 7) is -0.261. The van der Waals surface area contributed by atoms with E-state index in [1.165, 1.54) is 26.2 Å². The molecule has 1 aliphatic rings. The van der Waals surface area contributed by atoms with Crippen molar-refractivity contribution in [3.8, 4) is 17.2 Å². The van der Waals surface area contributed by atoms with Crippen molar-refractivity contribution in [3.05, 3.63) is 65.3 Å². The molecular formula is C25H23ClN4O5. The molecule has 0 saturated heterocycles. The zero-order valence-corrected chi connectivity index (χ0v) is 20.1. The van der Waals surface area contributed by atoms with Gasteiger partial charge < -0.3 is 19.5 Å². The molecule has 0 bridgehead atoms. The fraction of sp³-hybridized carbons (Fsp3) is 0.200. The van der Waals surface area contributed by atoms with Crippen LogP contribution in [0.15, 0.2) is 59.7 Å². The fourth-order valence-corrected chi connectivity index (χ4v) is 3.82. The topological polar surface area (TPSA) is 102 Å². The van der Waals surface area contributed by atoms with Crippen LogP contribution in [0.25, 0.3) is 0 Å². The third-order valence-corrected chi connectivity index (χ3v) is 5.58. The highest BCUT2D eigenvalue weighted by Crippen LogP contribution is 2.40. The second-order valence-electron chi connectivity index (χ2n) is 7.53. The summed E-state index contributed by atoms with van der Waals surface area (Å²) >= 11 is 6.00. The van der Waals surface area contributed by atoms with Crippen molar-refractivity contribution in [2.75, 3.05) is 38.1 Å². The molecule has 3 aromatic rings. The molecule has 0 spiro atoms. The number of carbonyl (C=O) groups is 2. The Balaban J connectivity index is 1.59. The SMILES string of the molecule is COc1cc(NC(=O)CN2C(=O)CC(c3ccc(Cl)cc3)=Nc3cccnc32)cc(OC)c1OC. The van der Waals surface area contributed by atoms with E-state index in [9.17, 15) is 9.59 Å². The Bertz CT molecular complexity index is 1270. The van der Waals surface area contributed by atoms with Gasteiger partial charge in [-0.05, 0) is 29.8 Å². The van der Waals surface area contributed by atoms with Gasteiger partial charge in [-0.15, -0.1) is 0 Å². The van der Waals surface area contributed by atoms with Crippen LogP contribution < -0.4 is 24.4 Å². The number of nitrogens with one attached hydrogen (secondary N) is 1. The monoisotopic (exact) mass is 494 g/mol. The van der Waals surface area contributed by atoms with E-state index in [-0.39, 0.29) is 18.9 Å². The lowest BCUT2D eigenvalue weighted by Gasteiger charge is -2.21. The van der Waals surface area contributed by atoms with Crippen molar-refractivity contribution in [1.82, 2.24) is 4.98 Å². The smallest absolute Gasteiger partial charge is 0.244 e. The molecule has 1 N–H and O–H groups in total. The minimum absolute atomic E-state index is 0.00451. The maximum atomic E-state index is 13.2. The minimum atomic E-state index is -0.431. The third-order valence-electron chi connectivity index (χ3n) is 5.32. The predicted octanol–water partition coefficient (Wildman–Crippen LogP) is 4.26. The number of nitrogens with zero attached hydrogens (tertiary/aromatic N) is 3. The van der Waals surface area contributed by atoms with Gasteiger partial charge in [0.2, 0.25) is 17.6 Å². The Morgan fingerprint density at radius 3 is 2.37 bits per heavy atom. The molecule has 35 heavy (non-hydrogen) atoms. The number of fused-ring (bicyclic) bond motifs is 1. The van der Waals surface area contributed by atoms with Crippen molar-refractivity contribution in [3.63, 3.8) is 0 Å². The van der Waals surface area contributed by atoms with Gasteiger partial charge in [-0.2, -0.15) is 0 Å². The summed E-state index contributed by atoms with van der Waals surface area (Å²) in [5.74, 6) is 0.750. The molecule has 1 aromatic heterocycles. The van der Waals surface area contributed by atoms with E-state index in [4.69, 9.17) is 25.8 Å². The van der Waals surface area contributed by atoms with Gasteiger partial charge in [-0.25, -0.2) is 9.98 Å². The Hall–Kier alpha value is -4.11. The average molecular weight is 495 g/mol. The van der Waals surface area contributed by atoms with Crippen LogP contribution in [0.3, 0.4) is 0 Å². The van der Waals surface area contributed by atoms with Crippen molar-refractivity contribution in [2.45, 2.75) is 6.42 Å². The molecule has 2 amide bonds. The maximum absolute atomic E-state index is 13.2. The summed E-state index contributed by atoms with van der Waals surface area (Å²) in [6.07, 6.45) is 1.55. The number of aliphatic imine (C=N–C) groups is 1. The molecule has 1 aliphatic heterocycles. The van der Waals surface area contributed by atoms with Crippen LogP contribution in [0.5, 0.6) is 17.2 Å². The molecule has 0 fully saturated rings. The van der Waals surface area contributed by atoms with Crippen molar-refractivity contribution < 1.29 is 23.8 Å². The first-order valence-corrected chi connectivity index (χ1v) is 11.0. The number of aromatic nitrogens is 1. The number of methoxy groups -OCH3 is 3. The number of halogens is 1. The third kappa shape index (κ3) is 5.20. The summed E-state index contributed by atoms with van der Waals surface area (Å²) in [4.78, 5) is 36.6. The van der Waals surface area contributed by atoms with E-state index in [2.05, 4.69) is 15.3 Å². The van der Waals surface area contributed by atoms with Crippen LogP contribution in [0.4, 0.5) is 17.2 Å². The molecule has 2 aromatic carbocycles. The first-order chi connectivity index (χ1) is 16.9. The van der Waals surface area contributed by atoms with Crippen molar-refractivity contribution >= 4 is 46.3 Å². The minimum Gasteiger partial charge on any atom is -0.493 e. The van der Waals surface area contributed by atoms with Gasteiger partial charge in [0.25, 0.3) is 0 Å². The molecular weight excluding hydrogens is 472 g/mol. The number of ether oxygens (including phenoxy) is 3. The summed E-state index contributed by atoms with van der Waals surface area (Å²) in [5, 5.41) is 3.37. The lowest BCUT2D eigenvalue weighted by Crippen LogP contribution is -2.39. The maximum Gasteiger partial charge on any atom is 0.244 e. The van der Waals surface area contributed by atoms with E-state index in [1.807, 2.05) is 0 Å². The Labute approximate surface area is 207 Å². The van der Waals surface area contributed by atoms with E-state index < -0.39 is 5.91 Å². The highest BCUT2D eigenvalue weighted by Gasteiger charge is 2.28. The number of pyridine rings is 1. The van der Waals surface area contributed by atoms with Crippen LogP contribution >= 0.6 is 11.6 Å². The zero-order valence-electron chi connectivity index (χ0n) is 19.4. The summed E-state index contributed by atoms with van der Waals surface area (Å²) < 4.78 is 16.0. The zero-order chi connectivity index (χ0) is 24.9. The molecule has 4 rings (SSSR count). The molecule has 9 nitrogen and oxygen atoms in total. The standard InChI is InChI=1S/C25H23ClN4O5/c1-33-20-11-17(12-21(34-2)24(20)35-3)28-22(31)14-30-23(32)13-19(15-6-8-16(26)9-7-15)29-18-5-4-10-27-25(18)30/h4-12H,13-14H2,1-3H3,(H,28,31). The number of carbonyl (C=O) groups excluding carboxylic acids is 2. The number of anilines is 2. The van der Waals surface area contributed by atoms with Gasteiger partial charge in [-0.3, -0.25) is 14.5 Å². The molecule has 10 heteroatoms. The number of amides is 2. The van der Waals surface area contributed by atoms with E-state index in [0.717, 1.165) is 5.56 Å². The average Bonchev–Trinajstić information content (AvgIpc) is 3.00. The highest BCUT2D eigenvalue weighted by molar-refractivity contribution is 6.30. The van der Waals surface area contributed by atoms with Gasteiger partial charge in [0, 0.05) is 29.0 Å². The van der Waals surface area contributed by atoms with Gasteiger partial charge in [0.05, 0.1) is 33.5 Å². The van der Waals surface area contributed by atoms with Crippen LogP contribution in [0.2, 0.25) is 5.02 Å². The van der Waals surface area contributed by atoms with E-state index >= 15 is 0 Å². The number of hydrogen-bond donors (Lipinski definition) is 1. The summed E-state index contributed by atoms with van der Waals surface area (Å²) in [7, 11) is 4.47. The lowest BCUT2D eigenvalue weighted by atomic mass is 10.1. The van der Waals surface area contributed by atoms with Gasteiger partial charge in [-0.1, -0.05) is 23.7 Å². The van der Waals surface area contributed by atoms with Crippen LogP contribution in [-0.2, 0) is 9.59 Å². The second-order valence-corrected chi connectivity index (χ2v) is 7.97. The number of rotatable bonds is 7. The second kappa shape index (κ2) is 10.4. The first-order valence-electron chi connectivity index (χ1n) is 10.6. The highest BCUT2D eigenvalue weighted by atomic mass is 35.5. The summed E-state index contributed by atoms with van der Waals surface area (Å²) in [6, 6.07) is 13.8. The van der Waals surface area contributed by atoms with Gasteiger partial charge in [0.1, 0.15) is 12.2 Å². The molecule has 0 radical (unpaired) electrons. The quantitative estimate of drug-likeness (QED) is 0.526. The lowest BCUT2D eigenvalue weighted by molar-refractivity contribution is -0.120. The van der Waals surface area contributed by atoms with Gasteiger partial charge in [0.15, 0.2) is 17.3 Å². The number of benzene rings is 2. The first kappa shape index (κ1) is 24.0. The van der Waals surface area contributed by atoms with Crippen molar-refractivity contribution in [2.24, 2.45) is 4.99 Å². The fourth-order valence-electron chi connectivity index (χ4n) is 3.69. The normalized spacial score (nSPS) is 12.9.